The molecule has 0 aliphatic heterocycles. The molecule has 4 nitrogen and oxygen atoms in total. The molecule has 1 rings (SSSR count). The largest absolute Gasteiger partial charge is 0.415 e. The van der Waals surface area contributed by atoms with E-state index < -0.39 is 18.0 Å². The zero-order chi connectivity index (χ0) is 12.3. The standard InChI is InChI=1S/C7H10F3N3OS2/c1-13(2)5-11-12-6(16-5)15-3-4(14)7(8,9)10/h4,14H,3H2,1-2H3. The smallest absolute Gasteiger partial charge is 0.383 e. The van der Waals surface area contributed by atoms with Crippen LogP contribution in [-0.4, -0.2) is 47.4 Å². The van der Waals surface area contributed by atoms with Crippen LogP contribution in [0.2, 0.25) is 0 Å². The Kier molecular flexibility index (Phi) is 4.39. The highest BCUT2D eigenvalue weighted by Crippen LogP contribution is 2.30. The molecule has 0 aliphatic rings. The molecule has 1 aromatic heterocycles. The fraction of sp³-hybridized carbons (Fsp3) is 0.714. The molecule has 0 spiro atoms. The summed E-state index contributed by atoms with van der Waals surface area (Å²) in [5, 5.41) is 16.8. The predicted molar refractivity (Wildman–Crippen MR) is 57.0 cm³/mol. The van der Waals surface area contributed by atoms with E-state index in [0.717, 1.165) is 11.8 Å². The topological polar surface area (TPSA) is 49.2 Å². The molecule has 16 heavy (non-hydrogen) atoms. The summed E-state index contributed by atoms with van der Waals surface area (Å²) in [7, 11) is 3.53. The van der Waals surface area contributed by atoms with Crippen LogP contribution >= 0.6 is 23.1 Å². The van der Waals surface area contributed by atoms with Gasteiger partial charge in [-0.2, -0.15) is 13.2 Å². The lowest BCUT2D eigenvalue weighted by molar-refractivity contribution is -0.195. The lowest BCUT2D eigenvalue weighted by Crippen LogP contribution is -2.30. The molecule has 1 aromatic rings. The SMILES string of the molecule is CN(C)c1nnc(SCC(O)C(F)(F)F)s1. The number of hydrogen-bond acceptors (Lipinski definition) is 6. The highest BCUT2D eigenvalue weighted by molar-refractivity contribution is 8.01. The van der Waals surface area contributed by atoms with Crippen LogP contribution in [0.4, 0.5) is 18.3 Å². The number of anilines is 1. The van der Waals surface area contributed by atoms with Gasteiger partial charge in [0.15, 0.2) is 10.4 Å². The molecule has 0 fully saturated rings. The summed E-state index contributed by atoms with van der Waals surface area (Å²) in [6.45, 7) is 0. The van der Waals surface area contributed by atoms with E-state index >= 15 is 0 Å². The highest BCUT2D eigenvalue weighted by atomic mass is 32.2. The van der Waals surface area contributed by atoms with Crippen molar-refractivity contribution in [3.8, 4) is 0 Å². The number of thioether (sulfide) groups is 1. The molecular weight excluding hydrogens is 263 g/mol. The molecule has 0 radical (unpaired) electrons. The van der Waals surface area contributed by atoms with Gasteiger partial charge >= 0.3 is 6.18 Å². The molecule has 1 N–H and O–H groups in total. The third-order valence-electron chi connectivity index (χ3n) is 1.52. The van der Waals surface area contributed by atoms with E-state index in [9.17, 15) is 13.2 Å². The Balaban J connectivity index is 2.49. The third-order valence-corrected chi connectivity index (χ3v) is 3.82. The average Bonchev–Trinajstić information content (AvgIpc) is 2.60. The quantitative estimate of drug-likeness (QED) is 0.845. The van der Waals surface area contributed by atoms with E-state index in [1.54, 1.807) is 19.0 Å². The zero-order valence-corrected chi connectivity index (χ0v) is 10.2. The minimum absolute atomic E-state index is 0.409. The van der Waals surface area contributed by atoms with Crippen LogP contribution in [0.25, 0.3) is 0 Å². The van der Waals surface area contributed by atoms with Crippen molar-refractivity contribution in [3.63, 3.8) is 0 Å². The first-order valence-corrected chi connectivity index (χ1v) is 5.99. The minimum atomic E-state index is -4.58. The van der Waals surface area contributed by atoms with Gasteiger partial charge in [-0.15, -0.1) is 10.2 Å². The third kappa shape index (κ3) is 3.80. The first-order chi connectivity index (χ1) is 7.30. The molecule has 0 saturated carbocycles. The number of aliphatic hydroxyl groups excluding tert-OH is 1. The number of aliphatic hydroxyl groups is 1. The summed E-state index contributed by atoms with van der Waals surface area (Å²) in [4.78, 5) is 1.71. The summed E-state index contributed by atoms with van der Waals surface area (Å²) >= 11 is 2.02. The minimum Gasteiger partial charge on any atom is -0.383 e. The molecule has 1 unspecified atom stereocenters. The first-order valence-electron chi connectivity index (χ1n) is 4.19. The number of nitrogens with zero attached hydrogens (tertiary/aromatic N) is 3. The summed E-state index contributed by atoms with van der Waals surface area (Å²) in [5.41, 5.74) is 0. The Bertz CT molecular complexity index is 342. The van der Waals surface area contributed by atoms with Crippen LogP contribution in [0.5, 0.6) is 0 Å². The van der Waals surface area contributed by atoms with Gasteiger partial charge in [0, 0.05) is 19.8 Å². The maximum absolute atomic E-state index is 12.0. The normalized spacial score (nSPS) is 13.9. The van der Waals surface area contributed by atoms with Gasteiger partial charge in [-0.25, -0.2) is 0 Å². The van der Waals surface area contributed by atoms with Crippen molar-refractivity contribution in [2.45, 2.75) is 16.6 Å². The summed E-state index contributed by atoms with van der Waals surface area (Å²) in [6.07, 6.45) is -6.91. The molecule has 0 aliphatic carbocycles. The Morgan fingerprint density at radius 1 is 1.44 bits per heavy atom. The maximum Gasteiger partial charge on any atom is 0.415 e. The molecule has 0 bridgehead atoms. The van der Waals surface area contributed by atoms with Crippen molar-refractivity contribution in [3.05, 3.63) is 0 Å². The number of alkyl halides is 3. The van der Waals surface area contributed by atoms with Crippen LogP contribution in [-0.2, 0) is 0 Å². The monoisotopic (exact) mass is 273 g/mol. The van der Waals surface area contributed by atoms with Gasteiger partial charge in [0.05, 0.1) is 0 Å². The lowest BCUT2D eigenvalue weighted by atomic mass is 10.4. The van der Waals surface area contributed by atoms with E-state index in [4.69, 9.17) is 5.11 Å². The number of hydrogen-bond donors (Lipinski definition) is 1. The van der Waals surface area contributed by atoms with E-state index in [1.165, 1.54) is 11.3 Å². The molecule has 92 valence electrons. The van der Waals surface area contributed by atoms with Gasteiger partial charge in [-0.05, 0) is 0 Å². The summed E-state index contributed by atoms with van der Waals surface area (Å²) in [5.74, 6) is -0.467. The van der Waals surface area contributed by atoms with E-state index in [2.05, 4.69) is 10.2 Å². The van der Waals surface area contributed by atoms with Gasteiger partial charge in [0.2, 0.25) is 5.13 Å². The fourth-order valence-electron chi connectivity index (χ4n) is 0.686. The second kappa shape index (κ2) is 5.19. The lowest BCUT2D eigenvalue weighted by Gasteiger charge is -2.12. The van der Waals surface area contributed by atoms with Crippen molar-refractivity contribution in [1.82, 2.24) is 10.2 Å². The van der Waals surface area contributed by atoms with Crippen LogP contribution < -0.4 is 4.90 Å². The van der Waals surface area contributed by atoms with Crippen molar-refractivity contribution in [2.75, 3.05) is 24.7 Å². The van der Waals surface area contributed by atoms with E-state index in [0.29, 0.717) is 9.47 Å². The fourth-order valence-corrected chi connectivity index (χ4v) is 2.44. The average molecular weight is 273 g/mol. The van der Waals surface area contributed by atoms with Gasteiger partial charge in [-0.1, -0.05) is 23.1 Å². The van der Waals surface area contributed by atoms with Gasteiger partial charge in [0.25, 0.3) is 0 Å². The van der Waals surface area contributed by atoms with Crippen LogP contribution in [0.15, 0.2) is 4.34 Å². The highest BCUT2D eigenvalue weighted by Gasteiger charge is 2.38. The number of halogens is 3. The molecule has 1 atom stereocenters. The molecule has 0 aromatic carbocycles. The maximum atomic E-state index is 12.0. The Hall–Kier alpha value is -0.540. The second-order valence-corrected chi connectivity index (χ2v) is 5.34. The van der Waals surface area contributed by atoms with Crippen molar-refractivity contribution < 1.29 is 18.3 Å². The first kappa shape index (κ1) is 13.5. The number of aromatic nitrogens is 2. The predicted octanol–water partition coefficient (Wildman–Crippen LogP) is 1.62. The molecule has 0 amide bonds. The van der Waals surface area contributed by atoms with E-state index in [1.807, 2.05) is 0 Å². The van der Waals surface area contributed by atoms with Gasteiger partial charge in [0.1, 0.15) is 0 Å². The van der Waals surface area contributed by atoms with Crippen LogP contribution in [0.3, 0.4) is 0 Å². The van der Waals surface area contributed by atoms with Crippen molar-refractivity contribution >= 4 is 28.2 Å². The van der Waals surface area contributed by atoms with E-state index in [-0.39, 0.29) is 0 Å². The van der Waals surface area contributed by atoms with Gasteiger partial charge < -0.3 is 10.0 Å². The van der Waals surface area contributed by atoms with Crippen LogP contribution in [0.1, 0.15) is 0 Å². The van der Waals surface area contributed by atoms with Crippen LogP contribution in [0, 0.1) is 0 Å². The zero-order valence-electron chi connectivity index (χ0n) is 8.52. The summed E-state index contributed by atoms with van der Waals surface area (Å²) in [6, 6.07) is 0. The van der Waals surface area contributed by atoms with Gasteiger partial charge in [-0.3, -0.25) is 0 Å². The molecule has 0 saturated heterocycles. The Labute approximate surface area is 98.5 Å². The molecular formula is C7H10F3N3OS2. The van der Waals surface area contributed by atoms with Crippen molar-refractivity contribution in [1.29, 1.82) is 0 Å². The summed E-state index contributed by atoms with van der Waals surface area (Å²) < 4.78 is 36.4. The molecule has 9 heteroatoms. The van der Waals surface area contributed by atoms with Crippen molar-refractivity contribution in [2.24, 2.45) is 0 Å². The Morgan fingerprint density at radius 3 is 2.50 bits per heavy atom. The second-order valence-electron chi connectivity index (χ2n) is 3.11. The number of rotatable bonds is 4. The Morgan fingerprint density at radius 2 is 2.06 bits per heavy atom. The molecule has 1 heterocycles.